The molecule has 0 radical (unpaired) electrons. The van der Waals surface area contributed by atoms with Gasteiger partial charge in [0.2, 0.25) is 0 Å². The molecule has 0 unspecified atom stereocenters. The van der Waals surface area contributed by atoms with E-state index in [1.54, 1.807) is 0 Å². The lowest BCUT2D eigenvalue weighted by molar-refractivity contribution is 0.309. The van der Waals surface area contributed by atoms with Gasteiger partial charge in [0, 0.05) is 11.5 Å². The summed E-state index contributed by atoms with van der Waals surface area (Å²) in [6.07, 6.45) is 7.20. The molecule has 26 heavy (non-hydrogen) atoms. The molecule has 1 nitrogen and oxygen atoms in total. The number of benzene rings is 2. The zero-order chi connectivity index (χ0) is 18.2. The van der Waals surface area contributed by atoms with E-state index in [0.29, 0.717) is 11.8 Å². The maximum Gasteiger partial charge on any atom is 0.119 e. The summed E-state index contributed by atoms with van der Waals surface area (Å²) in [7, 11) is 0. The zero-order valence-corrected chi connectivity index (χ0v) is 16.1. The van der Waals surface area contributed by atoms with Crippen molar-refractivity contribution >= 4 is 0 Å². The monoisotopic (exact) mass is 346 g/mol. The van der Waals surface area contributed by atoms with Crippen LogP contribution in [0.1, 0.15) is 68.1 Å². The van der Waals surface area contributed by atoms with Crippen molar-refractivity contribution in [3.05, 3.63) is 65.2 Å². The van der Waals surface area contributed by atoms with Crippen LogP contribution in [-0.4, -0.2) is 6.61 Å². The molecule has 0 aliphatic heterocycles. The van der Waals surface area contributed by atoms with Gasteiger partial charge in [-0.05, 0) is 74.8 Å². The first-order valence-electron chi connectivity index (χ1n) is 10.1. The van der Waals surface area contributed by atoms with Crippen molar-refractivity contribution in [3.63, 3.8) is 0 Å². The van der Waals surface area contributed by atoms with Gasteiger partial charge in [-0.15, -0.1) is 0 Å². The summed E-state index contributed by atoms with van der Waals surface area (Å²) in [5.74, 6) is 9.07. The van der Waals surface area contributed by atoms with Gasteiger partial charge in [0.05, 0.1) is 6.61 Å². The number of unbranched alkanes of at least 4 members (excludes halogenated alkanes) is 1. The van der Waals surface area contributed by atoms with Crippen molar-refractivity contribution in [2.75, 3.05) is 6.61 Å². The van der Waals surface area contributed by atoms with E-state index in [1.807, 2.05) is 12.1 Å². The average Bonchev–Trinajstić information content (AvgIpc) is 2.69. The minimum Gasteiger partial charge on any atom is -0.494 e. The predicted molar refractivity (Wildman–Crippen MR) is 110 cm³/mol. The second kappa shape index (κ2) is 9.48. The van der Waals surface area contributed by atoms with E-state index in [-0.39, 0.29) is 0 Å². The fourth-order valence-corrected chi connectivity index (χ4v) is 3.56. The van der Waals surface area contributed by atoms with Gasteiger partial charge >= 0.3 is 0 Å². The molecule has 0 bridgehead atoms. The van der Waals surface area contributed by atoms with Gasteiger partial charge in [-0.25, -0.2) is 0 Å². The molecular weight excluding hydrogens is 316 g/mol. The Balaban J connectivity index is 1.49. The highest BCUT2D eigenvalue weighted by Gasteiger charge is 2.20. The SMILES string of the molecule is CCCCOc1ccc(C#C[C@H]2CC[C@H](c3ccc(C)cc3)CC2)cc1. The first kappa shape index (κ1) is 18.6. The Bertz CT molecular complexity index is 722. The molecule has 2 aromatic carbocycles. The van der Waals surface area contributed by atoms with Gasteiger partial charge in [-0.2, -0.15) is 0 Å². The topological polar surface area (TPSA) is 9.23 Å². The fourth-order valence-electron chi connectivity index (χ4n) is 3.56. The molecule has 0 aromatic heterocycles. The van der Waals surface area contributed by atoms with E-state index < -0.39 is 0 Å². The Hall–Kier alpha value is -2.20. The third-order valence-electron chi connectivity index (χ3n) is 5.32. The maximum absolute atomic E-state index is 5.71. The van der Waals surface area contributed by atoms with Crippen molar-refractivity contribution in [3.8, 4) is 17.6 Å². The lowest BCUT2D eigenvalue weighted by atomic mass is 9.79. The summed E-state index contributed by atoms with van der Waals surface area (Å²) >= 11 is 0. The number of hydrogen-bond donors (Lipinski definition) is 0. The first-order chi connectivity index (χ1) is 12.7. The molecule has 1 aliphatic rings. The Kier molecular flexibility index (Phi) is 6.78. The molecule has 0 atom stereocenters. The standard InChI is InChI=1S/C25H30O/c1-3-4-19-26-25-17-11-22(12-18-25)8-7-21-9-15-24(16-10-21)23-13-5-20(2)6-14-23/h5-6,11-14,17-18,21,24H,3-4,9-10,15-16,19H2,1-2H3/t21-,24-. The summed E-state index contributed by atoms with van der Waals surface area (Å²) in [6, 6.07) is 17.3. The van der Waals surface area contributed by atoms with Gasteiger partial charge in [0.1, 0.15) is 5.75 Å². The first-order valence-corrected chi connectivity index (χ1v) is 10.1. The van der Waals surface area contributed by atoms with Crippen LogP contribution >= 0.6 is 0 Å². The van der Waals surface area contributed by atoms with Crippen LogP contribution in [0.5, 0.6) is 5.75 Å². The van der Waals surface area contributed by atoms with E-state index in [0.717, 1.165) is 30.8 Å². The quantitative estimate of drug-likeness (QED) is 0.443. The molecule has 0 heterocycles. The van der Waals surface area contributed by atoms with E-state index in [4.69, 9.17) is 4.74 Å². The third kappa shape index (κ3) is 5.40. The second-order valence-electron chi connectivity index (χ2n) is 7.45. The normalized spacial score (nSPS) is 19.5. The Morgan fingerprint density at radius 2 is 1.62 bits per heavy atom. The zero-order valence-electron chi connectivity index (χ0n) is 16.1. The van der Waals surface area contributed by atoms with Gasteiger partial charge < -0.3 is 4.74 Å². The van der Waals surface area contributed by atoms with E-state index in [1.165, 1.54) is 36.8 Å². The van der Waals surface area contributed by atoms with Crippen molar-refractivity contribution in [2.24, 2.45) is 5.92 Å². The molecule has 1 aliphatic carbocycles. The molecule has 136 valence electrons. The highest BCUT2D eigenvalue weighted by atomic mass is 16.5. The largest absolute Gasteiger partial charge is 0.494 e. The summed E-state index contributed by atoms with van der Waals surface area (Å²) in [5.41, 5.74) is 3.93. The predicted octanol–water partition coefficient (Wildman–Crippen LogP) is 6.50. The number of rotatable bonds is 5. The van der Waals surface area contributed by atoms with E-state index >= 15 is 0 Å². The van der Waals surface area contributed by atoms with Crippen molar-refractivity contribution < 1.29 is 4.74 Å². The van der Waals surface area contributed by atoms with Crippen LogP contribution in [0.4, 0.5) is 0 Å². The van der Waals surface area contributed by atoms with Crippen LogP contribution in [0.25, 0.3) is 0 Å². The van der Waals surface area contributed by atoms with Crippen LogP contribution in [0.3, 0.4) is 0 Å². The molecule has 1 saturated carbocycles. The van der Waals surface area contributed by atoms with Crippen LogP contribution in [0.2, 0.25) is 0 Å². The second-order valence-corrected chi connectivity index (χ2v) is 7.45. The fraction of sp³-hybridized carbons (Fsp3) is 0.440. The smallest absolute Gasteiger partial charge is 0.119 e. The molecule has 3 rings (SSSR count). The minimum atomic E-state index is 0.539. The van der Waals surface area contributed by atoms with Gasteiger partial charge in [0.15, 0.2) is 0 Å². The highest BCUT2D eigenvalue weighted by Crippen LogP contribution is 2.35. The molecule has 1 fully saturated rings. The molecular formula is C25H30O. The summed E-state index contributed by atoms with van der Waals surface area (Å²) in [5, 5.41) is 0. The highest BCUT2D eigenvalue weighted by molar-refractivity contribution is 5.38. The Morgan fingerprint density at radius 3 is 2.27 bits per heavy atom. The number of hydrogen-bond acceptors (Lipinski definition) is 1. The third-order valence-corrected chi connectivity index (χ3v) is 5.32. The average molecular weight is 347 g/mol. The molecule has 0 saturated heterocycles. The van der Waals surface area contributed by atoms with E-state index in [2.05, 4.69) is 62.1 Å². The van der Waals surface area contributed by atoms with Crippen molar-refractivity contribution in [2.45, 2.75) is 58.3 Å². The van der Waals surface area contributed by atoms with Crippen LogP contribution in [-0.2, 0) is 0 Å². The maximum atomic E-state index is 5.71. The summed E-state index contributed by atoms with van der Waals surface area (Å²) in [4.78, 5) is 0. The molecule has 1 heteroatoms. The van der Waals surface area contributed by atoms with Crippen LogP contribution < -0.4 is 4.74 Å². The van der Waals surface area contributed by atoms with Crippen LogP contribution in [0.15, 0.2) is 48.5 Å². The Morgan fingerprint density at radius 1 is 0.923 bits per heavy atom. The van der Waals surface area contributed by atoms with Gasteiger partial charge in [-0.1, -0.05) is 55.0 Å². The van der Waals surface area contributed by atoms with Crippen molar-refractivity contribution in [1.82, 2.24) is 0 Å². The lowest BCUT2D eigenvalue weighted by Crippen LogP contribution is -2.12. The minimum absolute atomic E-state index is 0.539. The summed E-state index contributed by atoms with van der Waals surface area (Å²) < 4.78 is 5.71. The molecule has 2 aromatic rings. The lowest BCUT2D eigenvalue weighted by Gasteiger charge is -2.26. The van der Waals surface area contributed by atoms with E-state index in [9.17, 15) is 0 Å². The number of ether oxygens (including phenoxy) is 1. The molecule has 0 spiro atoms. The van der Waals surface area contributed by atoms with Gasteiger partial charge in [0.25, 0.3) is 0 Å². The Labute approximate surface area is 158 Å². The molecule has 0 amide bonds. The summed E-state index contributed by atoms with van der Waals surface area (Å²) in [6.45, 7) is 5.13. The van der Waals surface area contributed by atoms with Crippen LogP contribution in [0, 0.1) is 24.7 Å². The van der Waals surface area contributed by atoms with Gasteiger partial charge in [-0.3, -0.25) is 0 Å². The number of aryl methyl sites for hydroxylation is 1. The molecule has 0 N–H and O–H groups in total. The van der Waals surface area contributed by atoms with Crippen molar-refractivity contribution in [1.29, 1.82) is 0 Å².